The van der Waals surface area contributed by atoms with Crippen LogP contribution in [0, 0.1) is 0 Å². The number of methoxy groups -OCH3 is 3. The first kappa shape index (κ1) is 20.4. The highest BCUT2D eigenvalue weighted by Gasteiger charge is 2.36. The van der Waals surface area contributed by atoms with Gasteiger partial charge in [0.1, 0.15) is 0 Å². The summed E-state index contributed by atoms with van der Waals surface area (Å²) in [5, 5.41) is 3.94. The zero-order valence-corrected chi connectivity index (χ0v) is 16.5. The average molecular weight is 430 g/mol. The van der Waals surface area contributed by atoms with Crippen molar-refractivity contribution < 1.29 is 31.4 Å². The molecule has 0 aliphatic carbocycles. The van der Waals surface area contributed by atoms with Crippen molar-refractivity contribution in [2.24, 2.45) is 0 Å². The Morgan fingerprint density at radius 2 is 1.86 bits per heavy atom. The van der Waals surface area contributed by atoms with Crippen LogP contribution in [0.1, 0.15) is 12.5 Å². The summed E-state index contributed by atoms with van der Waals surface area (Å²) in [6, 6.07) is 2.30. The minimum absolute atomic E-state index is 0.0434. The van der Waals surface area contributed by atoms with E-state index in [1.54, 1.807) is 0 Å². The molecular weight excluding hydrogens is 414 g/mol. The molecule has 0 spiro atoms. The maximum absolute atomic E-state index is 14.0. The Balaban J connectivity index is 2.12. The Morgan fingerprint density at radius 1 is 1.14 bits per heavy atom. The smallest absolute Gasteiger partial charge is 0.272 e. The predicted octanol–water partition coefficient (Wildman–Crippen LogP) is 1.46. The molecule has 0 amide bonds. The van der Waals surface area contributed by atoms with Crippen LogP contribution in [0.5, 0.6) is 17.6 Å². The Hall–Kier alpha value is -3.29. The minimum Gasteiger partial charge on any atom is -0.481 e. The number of nitrogens with zero attached hydrogens (tertiary/aromatic N) is 5. The molecule has 1 N–H and O–H groups in total. The molecule has 0 aromatic carbocycles. The molecule has 0 bridgehead atoms. The van der Waals surface area contributed by atoms with Crippen molar-refractivity contribution in [3.05, 3.63) is 23.9 Å². The van der Waals surface area contributed by atoms with Gasteiger partial charge in [0.2, 0.25) is 17.6 Å². The van der Waals surface area contributed by atoms with Crippen LogP contribution in [0.2, 0.25) is 0 Å². The fourth-order valence-electron chi connectivity index (χ4n) is 2.47. The van der Waals surface area contributed by atoms with Gasteiger partial charge in [-0.05, 0) is 6.07 Å². The fraction of sp³-hybridized carbons (Fsp3) is 0.333. The van der Waals surface area contributed by atoms with Crippen molar-refractivity contribution in [1.29, 1.82) is 0 Å². The molecule has 3 heterocycles. The lowest BCUT2D eigenvalue weighted by atomic mass is 10.1. The number of alkyl halides is 2. The van der Waals surface area contributed by atoms with Gasteiger partial charge in [0.05, 0.1) is 27.4 Å². The van der Waals surface area contributed by atoms with Crippen molar-refractivity contribution in [3.8, 4) is 17.6 Å². The number of ether oxygens (including phenoxy) is 3. The van der Waals surface area contributed by atoms with Gasteiger partial charge in [-0.25, -0.2) is 26.9 Å². The minimum atomic E-state index is -4.61. The Kier molecular flexibility index (Phi) is 5.13. The normalized spacial score (nSPS) is 12.1. The zero-order chi connectivity index (χ0) is 21.4. The largest absolute Gasteiger partial charge is 0.481 e. The summed E-state index contributed by atoms with van der Waals surface area (Å²) in [4.78, 5) is 10.8. The number of nitrogens with one attached hydrogen (secondary N) is 1. The third kappa shape index (κ3) is 3.83. The lowest BCUT2D eigenvalue weighted by molar-refractivity contribution is 0.0138. The van der Waals surface area contributed by atoms with E-state index in [1.807, 2.05) is 4.72 Å². The van der Waals surface area contributed by atoms with Crippen molar-refractivity contribution in [1.82, 2.24) is 24.6 Å². The summed E-state index contributed by atoms with van der Waals surface area (Å²) >= 11 is 0. The van der Waals surface area contributed by atoms with Gasteiger partial charge in [0.15, 0.2) is 4.90 Å². The van der Waals surface area contributed by atoms with Crippen molar-refractivity contribution in [2.45, 2.75) is 17.7 Å². The molecule has 0 aliphatic rings. The highest BCUT2D eigenvalue weighted by molar-refractivity contribution is 7.92. The second kappa shape index (κ2) is 7.27. The highest BCUT2D eigenvalue weighted by Crippen LogP contribution is 2.36. The fourth-order valence-corrected chi connectivity index (χ4v) is 3.80. The van der Waals surface area contributed by atoms with Crippen molar-refractivity contribution in [3.63, 3.8) is 0 Å². The van der Waals surface area contributed by atoms with E-state index in [0.717, 1.165) is 23.9 Å². The standard InChI is InChI=1S/C15H16F2N6O5S/c1-15(16,17)8-5-6-18-12(28-4)11(8)29(24,25)22-13-20-14-19-9(26-2)7-10(27-3)23(14)21-13/h5-7H,1-4H3,(H,21,22). The van der Waals surface area contributed by atoms with Gasteiger partial charge < -0.3 is 14.2 Å². The highest BCUT2D eigenvalue weighted by atomic mass is 32.2. The number of halogens is 2. The number of rotatable bonds is 7. The number of pyridine rings is 1. The topological polar surface area (TPSA) is 130 Å². The summed E-state index contributed by atoms with van der Waals surface area (Å²) in [7, 11) is -0.763. The van der Waals surface area contributed by atoms with E-state index in [-0.39, 0.29) is 17.5 Å². The van der Waals surface area contributed by atoms with Crippen molar-refractivity contribution >= 4 is 21.7 Å². The SMILES string of the molecule is COc1cc(OC)n2nc(NS(=O)(=O)c3c(C(C)(F)F)ccnc3OC)nc2n1. The quantitative estimate of drug-likeness (QED) is 0.592. The molecule has 29 heavy (non-hydrogen) atoms. The maximum Gasteiger partial charge on any atom is 0.272 e. The number of hydrogen-bond acceptors (Lipinski definition) is 9. The van der Waals surface area contributed by atoms with Crippen LogP contribution in [0.3, 0.4) is 0 Å². The molecule has 11 nitrogen and oxygen atoms in total. The molecule has 0 fully saturated rings. The van der Waals surface area contributed by atoms with Crippen molar-refractivity contribution in [2.75, 3.05) is 26.1 Å². The summed E-state index contributed by atoms with van der Waals surface area (Å²) in [6.45, 7) is 0.561. The van der Waals surface area contributed by atoms with E-state index in [4.69, 9.17) is 14.2 Å². The number of fused-ring (bicyclic) bond motifs is 1. The van der Waals surface area contributed by atoms with E-state index in [2.05, 4.69) is 20.1 Å². The van der Waals surface area contributed by atoms with Crippen LogP contribution >= 0.6 is 0 Å². The van der Waals surface area contributed by atoms with Crippen LogP contribution in [-0.4, -0.2) is 54.3 Å². The molecule has 0 saturated heterocycles. The summed E-state index contributed by atoms with van der Waals surface area (Å²) < 4.78 is 71.9. The van der Waals surface area contributed by atoms with E-state index in [0.29, 0.717) is 6.92 Å². The van der Waals surface area contributed by atoms with E-state index in [1.165, 1.54) is 20.3 Å². The Labute approximate surface area is 163 Å². The molecule has 14 heteroatoms. The first-order valence-corrected chi connectivity index (χ1v) is 9.39. The van der Waals surface area contributed by atoms with Gasteiger partial charge in [-0.1, -0.05) is 0 Å². The Morgan fingerprint density at radius 3 is 2.45 bits per heavy atom. The first-order valence-electron chi connectivity index (χ1n) is 7.90. The second-order valence-corrected chi connectivity index (χ2v) is 7.30. The van der Waals surface area contributed by atoms with Gasteiger partial charge >= 0.3 is 0 Å². The number of anilines is 1. The van der Waals surface area contributed by atoms with Crippen LogP contribution in [-0.2, 0) is 15.9 Å². The summed E-state index contributed by atoms with van der Waals surface area (Å²) in [5.74, 6) is -4.15. The molecule has 156 valence electrons. The lowest BCUT2D eigenvalue weighted by Gasteiger charge is -2.17. The average Bonchev–Trinajstić information content (AvgIpc) is 3.07. The van der Waals surface area contributed by atoms with E-state index < -0.39 is 38.2 Å². The molecule has 3 rings (SSSR count). The number of sulfonamides is 1. The molecule has 0 unspecified atom stereocenters. The summed E-state index contributed by atoms with van der Waals surface area (Å²) in [5.41, 5.74) is -0.794. The predicted molar refractivity (Wildman–Crippen MR) is 95.1 cm³/mol. The molecule has 3 aromatic rings. The molecule has 0 radical (unpaired) electrons. The molecule has 0 saturated carbocycles. The third-order valence-electron chi connectivity index (χ3n) is 3.71. The summed E-state index contributed by atoms with van der Waals surface area (Å²) in [6.07, 6.45) is 1.02. The van der Waals surface area contributed by atoms with Gasteiger partial charge in [-0.15, -0.1) is 5.10 Å². The van der Waals surface area contributed by atoms with Crippen LogP contribution in [0.4, 0.5) is 14.7 Å². The monoisotopic (exact) mass is 430 g/mol. The number of hydrogen-bond donors (Lipinski definition) is 1. The third-order valence-corrected chi connectivity index (χ3v) is 5.09. The van der Waals surface area contributed by atoms with Gasteiger partial charge in [-0.3, -0.25) is 0 Å². The lowest BCUT2D eigenvalue weighted by Crippen LogP contribution is -2.21. The van der Waals surface area contributed by atoms with E-state index in [9.17, 15) is 17.2 Å². The van der Waals surface area contributed by atoms with Gasteiger partial charge in [-0.2, -0.15) is 14.5 Å². The second-order valence-electron chi connectivity index (χ2n) is 5.68. The molecule has 3 aromatic heterocycles. The zero-order valence-electron chi connectivity index (χ0n) is 15.7. The maximum atomic E-state index is 14.0. The molecule has 0 atom stereocenters. The van der Waals surface area contributed by atoms with E-state index >= 15 is 0 Å². The molecular formula is C15H16F2N6O5S. The van der Waals surface area contributed by atoms with Gasteiger partial charge in [0.25, 0.3) is 27.7 Å². The van der Waals surface area contributed by atoms with Gasteiger partial charge in [0, 0.05) is 18.7 Å². The molecule has 0 aliphatic heterocycles. The van der Waals surface area contributed by atoms with Crippen LogP contribution in [0.25, 0.3) is 5.78 Å². The Bertz CT molecular complexity index is 1160. The van der Waals surface area contributed by atoms with Crippen LogP contribution in [0.15, 0.2) is 23.2 Å². The number of aromatic nitrogens is 5. The first-order chi connectivity index (χ1) is 13.6. The van der Waals surface area contributed by atoms with Crippen LogP contribution < -0.4 is 18.9 Å².